The molecule has 7 rings (SSSR count). The van der Waals surface area contributed by atoms with Crippen molar-refractivity contribution in [1.29, 1.82) is 0 Å². The molecule has 0 radical (unpaired) electrons. The van der Waals surface area contributed by atoms with E-state index in [2.05, 4.69) is 0 Å². The lowest BCUT2D eigenvalue weighted by atomic mass is 10.1. The van der Waals surface area contributed by atoms with Gasteiger partial charge in [-0.05, 0) is 47.5 Å². The fourth-order valence-electron chi connectivity index (χ4n) is 5.59. The lowest BCUT2D eigenvalue weighted by molar-refractivity contribution is 0.481. The van der Waals surface area contributed by atoms with Crippen molar-refractivity contribution >= 4 is 42.3 Å². The van der Waals surface area contributed by atoms with Gasteiger partial charge in [-0.2, -0.15) is 16.8 Å². The number of imidazole rings is 2. The van der Waals surface area contributed by atoms with E-state index in [9.17, 15) is 25.9 Å². The topological polar surface area (TPSA) is 144 Å². The van der Waals surface area contributed by atoms with E-state index in [1.165, 1.54) is 24.3 Å². The second-order valence-corrected chi connectivity index (χ2v) is 13.7. The summed E-state index contributed by atoms with van der Waals surface area (Å²) >= 11 is 0. The molecule has 230 valence electrons. The van der Waals surface area contributed by atoms with Crippen molar-refractivity contribution < 1.29 is 25.9 Å². The van der Waals surface area contributed by atoms with Crippen LogP contribution in [0.5, 0.6) is 0 Å². The molecule has 0 aliphatic carbocycles. The molecule has 0 saturated heterocycles. The van der Waals surface area contributed by atoms with Gasteiger partial charge in [0, 0.05) is 24.2 Å². The number of hydrogen-bond donors (Lipinski definition) is 2. The highest BCUT2D eigenvalue weighted by Gasteiger charge is 2.20. The summed E-state index contributed by atoms with van der Waals surface area (Å²) in [4.78, 5) is 9.23. The largest absolute Gasteiger partial charge is 0.319 e. The van der Waals surface area contributed by atoms with Gasteiger partial charge in [0.25, 0.3) is 20.2 Å². The second-order valence-electron chi connectivity index (χ2n) is 10.8. The minimum Gasteiger partial charge on any atom is -0.319 e. The molecule has 0 aliphatic heterocycles. The summed E-state index contributed by atoms with van der Waals surface area (Å²) < 4.78 is 71.0. The average molecular weight is 651 g/mol. The normalized spacial score (nSPS) is 12.2. The Morgan fingerprint density at radius 2 is 0.870 bits per heavy atom. The molecule has 46 heavy (non-hydrogen) atoms. The van der Waals surface area contributed by atoms with E-state index in [4.69, 9.17) is 9.97 Å². The van der Waals surface area contributed by atoms with Crippen LogP contribution in [0.4, 0.5) is 0 Å². The summed E-state index contributed by atoms with van der Waals surface area (Å²) in [7, 11) is -8.84. The predicted molar refractivity (Wildman–Crippen MR) is 175 cm³/mol. The van der Waals surface area contributed by atoms with Crippen molar-refractivity contribution in [3.8, 4) is 22.8 Å². The van der Waals surface area contributed by atoms with E-state index >= 15 is 0 Å². The number of fused-ring (bicyclic) bond motifs is 2. The molecule has 0 unspecified atom stereocenters. The Labute approximate surface area is 264 Å². The van der Waals surface area contributed by atoms with E-state index in [0.717, 1.165) is 22.3 Å². The first-order valence-electron chi connectivity index (χ1n) is 14.2. The van der Waals surface area contributed by atoms with Gasteiger partial charge >= 0.3 is 0 Å². The summed E-state index contributed by atoms with van der Waals surface area (Å²) in [5.74, 6) is 1.21. The van der Waals surface area contributed by atoms with Crippen LogP contribution in [0.15, 0.2) is 131 Å². The first-order chi connectivity index (χ1) is 22.0. The maximum Gasteiger partial charge on any atom is 0.294 e. The van der Waals surface area contributed by atoms with Crippen LogP contribution in [-0.4, -0.2) is 45.0 Å². The molecule has 0 amide bonds. The number of nitrogens with zero attached hydrogens (tertiary/aromatic N) is 4. The Balaban J connectivity index is 1.35. The minimum atomic E-state index is -4.42. The van der Waals surface area contributed by atoms with Crippen molar-refractivity contribution in [2.24, 2.45) is 0 Å². The van der Waals surface area contributed by atoms with Crippen molar-refractivity contribution in [2.45, 2.75) is 22.9 Å². The average Bonchev–Trinajstić information content (AvgIpc) is 3.59. The van der Waals surface area contributed by atoms with Gasteiger partial charge in [-0.3, -0.25) is 9.11 Å². The second kappa shape index (κ2) is 11.3. The quantitative estimate of drug-likeness (QED) is 0.182. The zero-order valence-electron chi connectivity index (χ0n) is 24.1. The van der Waals surface area contributed by atoms with Crippen molar-refractivity contribution in [2.75, 3.05) is 0 Å². The molecule has 2 heterocycles. The SMILES string of the molecule is O=S(=O)(O)c1ccc2nc(-c3ccc(-c4nc5ccc(S(=O)(=O)O)cc5n4Cc4ccccc4)cc3)n(Cc3ccccc3)c2c1. The van der Waals surface area contributed by atoms with E-state index in [1.54, 1.807) is 12.1 Å². The number of aromatic nitrogens is 4. The third kappa shape index (κ3) is 5.70. The fraction of sp³-hybridized carbons (Fsp3) is 0.0588. The Morgan fingerprint density at radius 1 is 0.500 bits per heavy atom. The monoisotopic (exact) mass is 650 g/mol. The molecular weight excluding hydrogens is 625 g/mol. The van der Waals surface area contributed by atoms with E-state index in [1.807, 2.05) is 94.1 Å². The standard InChI is InChI=1S/C34H26N4O6S2/c39-45(40,41)27-15-17-29-31(19-27)37(21-23-7-3-1-4-8-23)33(35-29)25-11-13-26(14-12-25)34-36-30-18-16-28(46(42,43)44)20-32(30)38(34)22-24-9-5-2-6-10-24/h1-20H,21-22H2,(H,39,40,41)(H,42,43,44). The summed E-state index contributed by atoms with van der Waals surface area (Å²) in [5, 5.41) is 0. The third-order valence-corrected chi connectivity index (χ3v) is 9.50. The van der Waals surface area contributed by atoms with Gasteiger partial charge in [0.15, 0.2) is 0 Å². The van der Waals surface area contributed by atoms with Crippen molar-refractivity contribution in [3.05, 3.63) is 132 Å². The van der Waals surface area contributed by atoms with Gasteiger partial charge in [0.05, 0.1) is 31.9 Å². The van der Waals surface area contributed by atoms with E-state index in [-0.39, 0.29) is 9.79 Å². The molecular formula is C34H26N4O6S2. The fourth-order valence-corrected chi connectivity index (χ4v) is 6.59. The van der Waals surface area contributed by atoms with Crippen molar-refractivity contribution in [3.63, 3.8) is 0 Å². The molecule has 0 saturated carbocycles. The summed E-state index contributed by atoms with van der Waals surface area (Å²) in [6.07, 6.45) is 0. The molecule has 0 fully saturated rings. The zero-order valence-corrected chi connectivity index (χ0v) is 25.7. The molecule has 0 bridgehead atoms. The van der Waals surface area contributed by atoms with Crippen LogP contribution >= 0.6 is 0 Å². The molecule has 0 atom stereocenters. The Morgan fingerprint density at radius 3 is 1.22 bits per heavy atom. The Kier molecular flexibility index (Phi) is 7.29. The van der Waals surface area contributed by atoms with Gasteiger partial charge in [-0.1, -0.05) is 84.9 Å². The highest BCUT2D eigenvalue weighted by molar-refractivity contribution is 7.86. The molecule has 0 aliphatic rings. The van der Waals surface area contributed by atoms with Crippen molar-refractivity contribution in [1.82, 2.24) is 19.1 Å². The third-order valence-electron chi connectivity index (χ3n) is 7.80. The lowest BCUT2D eigenvalue weighted by Gasteiger charge is -2.12. The smallest absolute Gasteiger partial charge is 0.294 e. The zero-order chi connectivity index (χ0) is 32.1. The lowest BCUT2D eigenvalue weighted by Crippen LogP contribution is -2.04. The van der Waals surface area contributed by atoms with Gasteiger partial charge in [0.2, 0.25) is 0 Å². The molecule has 12 heteroatoms. The first-order valence-corrected chi connectivity index (χ1v) is 17.1. The van der Waals surface area contributed by atoms with E-state index < -0.39 is 20.2 Å². The van der Waals surface area contributed by atoms with Crippen LogP contribution in [0, 0.1) is 0 Å². The maximum absolute atomic E-state index is 11.9. The van der Waals surface area contributed by atoms with Crippen LogP contribution < -0.4 is 0 Å². The Hall–Kier alpha value is -5.14. The molecule has 2 N–H and O–H groups in total. The first kappa shape index (κ1) is 29.6. The van der Waals surface area contributed by atoms with Gasteiger partial charge < -0.3 is 9.13 Å². The van der Waals surface area contributed by atoms with Crippen LogP contribution in [0.1, 0.15) is 11.1 Å². The van der Waals surface area contributed by atoms with Crippen LogP contribution in [0.3, 0.4) is 0 Å². The summed E-state index contributed by atoms with van der Waals surface area (Å²) in [6, 6.07) is 35.7. The van der Waals surface area contributed by atoms with Crippen LogP contribution in [0.25, 0.3) is 44.8 Å². The molecule has 5 aromatic carbocycles. The van der Waals surface area contributed by atoms with E-state index in [0.29, 0.717) is 46.8 Å². The Bertz CT molecular complexity index is 2280. The van der Waals surface area contributed by atoms with Gasteiger partial charge in [-0.25, -0.2) is 9.97 Å². The number of rotatable bonds is 8. The predicted octanol–water partition coefficient (Wildman–Crippen LogP) is 6.31. The highest BCUT2D eigenvalue weighted by atomic mass is 32.2. The van der Waals surface area contributed by atoms with Crippen LogP contribution in [-0.2, 0) is 33.3 Å². The van der Waals surface area contributed by atoms with Gasteiger partial charge in [0.1, 0.15) is 11.6 Å². The molecule has 0 spiro atoms. The number of hydrogen-bond acceptors (Lipinski definition) is 6. The summed E-state index contributed by atoms with van der Waals surface area (Å²) in [5.41, 5.74) is 5.75. The highest BCUT2D eigenvalue weighted by Crippen LogP contribution is 2.32. The van der Waals surface area contributed by atoms with Crippen LogP contribution in [0.2, 0.25) is 0 Å². The molecule has 2 aromatic heterocycles. The molecule has 10 nitrogen and oxygen atoms in total. The minimum absolute atomic E-state index is 0.217. The van der Waals surface area contributed by atoms with Gasteiger partial charge in [-0.15, -0.1) is 0 Å². The molecule has 7 aromatic rings. The maximum atomic E-state index is 11.9. The number of benzene rings is 5. The summed E-state index contributed by atoms with van der Waals surface area (Å²) in [6.45, 7) is 0.818.